The van der Waals surface area contributed by atoms with Crippen molar-refractivity contribution in [3.63, 3.8) is 0 Å². The molecule has 1 amide bonds. The van der Waals surface area contributed by atoms with E-state index in [2.05, 4.69) is 15.0 Å². The molecule has 2 N–H and O–H groups in total. The van der Waals surface area contributed by atoms with E-state index in [0.29, 0.717) is 43.0 Å². The molecule has 0 saturated carbocycles. The number of amides is 1. The average Bonchev–Trinajstić information content (AvgIpc) is 3.21. The Labute approximate surface area is 178 Å². The lowest BCUT2D eigenvalue weighted by molar-refractivity contribution is -0.131. The zero-order chi connectivity index (χ0) is 21.4. The van der Waals surface area contributed by atoms with Gasteiger partial charge in [-0.1, -0.05) is 18.2 Å². The summed E-state index contributed by atoms with van der Waals surface area (Å²) in [4.78, 5) is 38.2. The zero-order valence-corrected chi connectivity index (χ0v) is 17.1. The highest BCUT2D eigenvalue weighted by molar-refractivity contribution is 5.89. The van der Waals surface area contributed by atoms with E-state index in [1.807, 2.05) is 54.7 Å². The molecule has 5 rings (SSSR count). The number of nitrogens with one attached hydrogen (secondary N) is 2. The number of hydrogen-bond acceptors (Lipinski definition) is 4. The van der Waals surface area contributed by atoms with Crippen molar-refractivity contribution in [1.82, 2.24) is 19.9 Å². The Bertz CT molecular complexity index is 1320. The molecule has 0 spiro atoms. The fourth-order valence-corrected chi connectivity index (χ4v) is 4.09. The van der Waals surface area contributed by atoms with Gasteiger partial charge in [-0.3, -0.25) is 9.59 Å². The SMILES string of the molecule is COc1ccc(-c2nc3c(c(=O)[nH]2)CCN(C(=O)Cc2c[nH]c4ccccc24)C3)cc1. The highest BCUT2D eigenvalue weighted by atomic mass is 16.5. The van der Waals surface area contributed by atoms with Gasteiger partial charge in [0.25, 0.3) is 5.56 Å². The van der Waals surface area contributed by atoms with Crippen LogP contribution in [0.2, 0.25) is 0 Å². The molecular weight excluding hydrogens is 392 g/mol. The smallest absolute Gasteiger partial charge is 0.254 e. The minimum absolute atomic E-state index is 0.0310. The van der Waals surface area contributed by atoms with Crippen LogP contribution in [0.5, 0.6) is 5.75 Å². The van der Waals surface area contributed by atoms with Gasteiger partial charge < -0.3 is 19.6 Å². The highest BCUT2D eigenvalue weighted by Crippen LogP contribution is 2.23. The lowest BCUT2D eigenvalue weighted by Crippen LogP contribution is -2.39. The quantitative estimate of drug-likeness (QED) is 0.537. The first-order chi connectivity index (χ1) is 15.1. The number of carbonyl (C=O) groups is 1. The molecule has 2 aromatic heterocycles. The van der Waals surface area contributed by atoms with Gasteiger partial charge in [0.05, 0.1) is 25.8 Å². The molecule has 4 aromatic rings. The minimum atomic E-state index is -0.139. The standard InChI is InChI=1S/C24H22N4O3/c1-31-17-8-6-15(7-9-17)23-26-21-14-28(11-10-19(21)24(30)27-23)22(29)12-16-13-25-20-5-3-2-4-18(16)20/h2-9,13,25H,10-12,14H2,1H3,(H,26,27,30). The van der Waals surface area contributed by atoms with Gasteiger partial charge in [-0.25, -0.2) is 4.98 Å². The van der Waals surface area contributed by atoms with Crippen LogP contribution in [0.3, 0.4) is 0 Å². The largest absolute Gasteiger partial charge is 0.497 e. The molecule has 0 bridgehead atoms. The topological polar surface area (TPSA) is 91.1 Å². The van der Waals surface area contributed by atoms with Crippen LogP contribution in [0.4, 0.5) is 0 Å². The molecule has 31 heavy (non-hydrogen) atoms. The number of aromatic amines is 2. The minimum Gasteiger partial charge on any atom is -0.497 e. The summed E-state index contributed by atoms with van der Waals surface area (Å²) < 4.78 is 5.19. The molecule has 7 nitrogen and oxygen atoms in total. The number of H-pyrrole nitrogens is 2. The number of para-hydroxylation sites is 1. The number of rotatable bonds is 4. The first-order valence-electron chi connectivity index (χ1n) is 10.2. The fraction of sp³-hybridized carbons (Fsp3) is 0.208. The van der Waals surface area contributed by atoms with Crippen LogP contribution in [-0.2, 0) is 24.2 Å². The zero-order valence-electron chi connectivity index (χ0n) is 17.1. The average molecular weight is 414 g/mol. The lowest BCUT2D eigenvalue weighted by atomic mass is 10.0. The Kier molecular flexibility index (Phi) is 4.78. The molecule has 0 atom stereocenters. The van der Waals surface area contributed by atoms with Crippen LogP contribution >= 0.6 is 0 Å². The first-order valence-corrected chi connectivity index (χ1v) is 10.2. The second-order valence-corrected chi connectivity index (χ2v) is 7.67. The number of methoxy groups -OCH3 is 1. The molecule has 0 radical (unpaired) electrons. The third-order valence-electron chi connectivity index (χ3n) is 5.81. The predicted molar refractivity (Wildman–Crippen MR) is 118 cm³/mol. The van der Waals surface area contributed by atoms with E-state index in [1.165, 1.54) is 0 Å². The Morgan fingerprint density at radius 1 is 1.16 bits per heavy atom. The molecule has 0 aliphatic carbocycles. The van der Waals surface area contributed by atoms with Crippen LogP contribution in [-0.4, -0.2) is 39.4 Å². The summed E-state index contributed by atoms with van der Waals surface area (Å²) in [6.45, 7) is 0.852. The number of ether oxygens (including phenoxy) is 1. The summed E-state index contributed by atoms with van der Waals surface area (Å²) in [5.41, 5.74) is 3.97. The van der Waals surface area contributed by atoms with Crippen molar-refractivity contribution in [3.8, 4) is 17.1 Å². The normalized spacial score (nSPS) is 13.3. The summed E-state index contributed by atoms with van der Waals surface area (Å²) in [6, 6.07) is 15.3. The van der Waals surface area contributed by atoms with Crippen LogP contribution in [0.25, 0.3) is 22.3 Å². The highest BCUT2D eigenvalue weighted by Gasteiger charge is 2.25. The molecule has 156 valence electrons. The molecule has 0 fully saturated rings. The van der Waals surface area contributed by atoms with Gasteiger partial charge in [0, 0.05) is 34.8 Å². The van der Waals surface area contributed by atoms with Gasteiger partial charge in [0.1, 0.15) is 11.6 Å². The van der Waals surface area contributed by atoms with E-state index in [1.54, 1.807) is 12.0 Å². The van der Waals surface area contributed by atoms with Crippen molar-refractivity contribution in [3.05, 3.63) is 81.9 Å². The van der Waals surface area contributed by atoms with E-state index in [0.717, 1.165) is 27.8 Å². The van der Waals surface area contributed by atoms with Crippen LogP contribution < -0.4 is 10.3 Å². The summed E-state index contributed by atoms with van der Waals surface area (Å²) >= 11 is 0. The van der Waals surface area contributed by atoms with Crippen molar-refractivity contribution >= 4 is 16.8 Å². The second-order valence-electron chi connectivity index (χ2n) is 7.67. The van der Waals surface area contributed by atoms with Crippen molar-refractivity contribution in [2.24, 2.45) is 0 Å². The van der Waals surface area contributed by atoms with E-state index >= 15 is 0 Å². The van der Waals surface area contributed by atoms with Gasteiger partial charge >= 0.3 is 0 Å². The summed E-state index contributed by atoms with van der Waals surface area (Å²) in [6.07, 6.45) is 2.71. The molecular formula is C24H22N4O3. The Balaban J connectivity index is 1.39. The lowest BCUT2D eigenvalue weighted by Gasteiger charge is -2.28. The second kappa shape index (κ2) is 7.75. The third-order valence-corrected chi connectivity index (χ3v) is 5.81. The van der Waals surface area contributed by atoms with Gasteiger partial charge in [0.2, 0.25) is 5.91 Å². The number of carbonyl (C=O) groups excluding carboxylic acids is 1. The maximum absolute atomic E-state index is 13.0. The molecule has 3 heterocycles. The van der Waals surface area contributed by atoms with Gasteiger partial charge in [-0.2, -0.15) is 0 Å². The van der Waals surface area contributed by atoms with Crippen LogP contribution in [0.15, 0.2) is 59.5 Å². The van der Waals surface area contributed by atoms with E-state index in [9.17, 15) is 9.59 Å². The molecule has 0 saturated heterocycles. The summed E-state index contributed by atoms with van der Waals surface area (Å²) in [5.74, 6) is 1.26. The first kappa shape index (κ1) is 19.1. The van der Waals surface area contributed by atoms with Gasteiger partial charge in [-0.05, 0) is 42.3 Å². The number of benzene rings is 2. The number of aromatic nitrogens is 3. The van der Waals surface area contributed by atoms with Crippen LogP contribution in [0.1, 0.15) is 16.8 Å². The molecule has 0 unspecified atom stereocenters. The molecule has 1 aliphatic heterocycles. The summed E-state index contributed by atoms with van der Waals surface area (Å²) in [7, 11) is 1.61. The van der Waals surface area contributed by atoms with Crippen molar-refractivity contribution in [2.75, 3.05) is 13.7 Å². The molecule has 1 aliphatic rings. The number of hydrogen-bond donors (Lipinski definition) is 2. The Morgan fingerprint density at radius 2 is 1.97 bits per heavy atom. The van der Waals surface area contributed by atoms with Gasteiger partial charge in [-0.15, -0.1) is 0 Å². The van der Waals surface area contributed by atoms with Crippen molar-refractivity contribution in [1.29, 1.82) is 0 Å². The fourth-order valence-electron chi connectivity index (χ4n) is 4.09. The van der Waals surface area contributed by atoms with Crippen molar-refractivity contribution < 1.29 is 9.53 Å². The predicted octanol–water partition coefficient (Wildman–Crippen LogP) is 3.05. The van der Waals surface area contributed by atoms with Crippen LogP contribution in [0, 0.1) is 0 Å². The van der Waals surface area contributed by atoms with Crippen molar-refractivity contribution in [2.45, 2.75) is 19.4 Å². The number of nitrogens with zero attached hydrogens (tertiary/aromatic N) is 2. The van der Waals surface area contributed by atoms with E-state index < -0.39 is 0 Å². The van der Waals surface area contributed by atoms with E-state index in [-0.39, 0.29) is 11.5 Å². The number of fused-ring (bicyclic) bond motifs is 2. The van der Waals surface area contributed by atoms with E-state index in [4.69, 9.17) is 4.74 Å². The maximum Gasteiger partial charge on any atom is 0.254 e. The molecule has 2 aromatic carbocycles. The maximum atomic E-state index is 13.0. The summed E-state index contributed by atoms with van der Waals surface area (Å²) in [5, 5.41) is 1.06. The molecule has 7 heteroatoms. The third kappa shape index (κ3) is 3.59. The Morgan fingerprint density at radius 3 is 2.77 bits per heavy atom. The Hall–Kier alpha value is -3.87. The van der Waals surface area contributed by atoms with Gasteiger partial charge in [0.15, 0.2) is 0 Å². The monoisotopic (exact) mass is 414 g/mol.